The molecule has 1 aliphatic rings. The number of benzene rings is 2. The summed E-state index contributed by atoms with van der Waals surface area (Å²) in [7, 11) is 0. The lowest BCUT2D eigenvalue weighted by Gasteiger charge is -2.18. The van der Waals surface area contributed by atoms with Crippen molar-refractivity contribution in [2.45, 2.75) is 44.8 Å². The average Bonchev–Trinajstić information content (AvgIpc) is 3.38. The van der Waals surface area contributed by atoms with Gasteiger partial charge in [-0.3, -0.25) is 0 Å². The summed E-state index contributed by atoms with van der Waals surface area (Å²) in [6.45, 7) is 2.14. The Kier molecular flexibility index (Phi) is 6.14. The number of nitrogens with one attached hydrogen (secondary N) is 1. The third kappa shape index (κ3) is 4.09. The highest BCUT2D eigenvalue weighted by molar-refractivity contribution is 5.79. The molecule has 6 heteroatoms. The van der Waals surface area contributed by atoms with Gasteiger partial charge in [0, 0.05) is 5.92 Å². The number of aliphatic hydroxyl groups is 1. The van der Waals surface area contributed by atoms with E-state index < -0.39 is 6.09 Å². The van der Waals surface area contributed by atoms with Crippen LogP contribution in [0.3, 0.4) is 0 Å². The standard InChI is InChI=1S/C24H26N2O4/c1-2-3-12-22(23-25-16(13-27)14-29-23)26-24(28)30-15-21-19-10-6-4-8-17(19)18-9-5-7-11-20(18)21/h4-11,14,21-22,27H,2-3,12-13,15H2,1H3,(H,26,28)/t22-/m0/s1. The molecule has 0 unspecified atom stereocenters. The number of nitrogens with zero attached hydrogens (tertiary/aromatic N) is 1. The normalized spacial score (nSPS) is 13.5. The molecule has 3 aromatic rings. The molecule has 1 heterocycles. The van der Waals surface area contributed by atoms with Crippen molar-refractivity contribution in [1.29, 1.82) is 0 Å². The summed E-state index contributed by atoms with van der Waals surface area (Å²) in [6.07, 6.45) is 3.49. The van der Waals surface area contributed by atoms with E-state index >= 15 is 0 Å². The Balaban J connectivity index is 1.45. The summed E-state index contributed by atoms with van der Waals surface area (Å²) in [4.78, 5) is 16.8. The molecule has 0 radical (unpaired) electrons. The number of amides is 1. The number of hydrogen-bond donors (Lipinski definition) is 2. The molecule has 1 aromatic heterocycles. The lowest BCUT2D eigenvalue weighted by atomic mass is 9.98. The van der Waals surface area contributed by atoms with Crippen LogP contribution in [0.4, 0.5) is 4.79 Å². The molecule has 1 atom stereocenters. The van der Waals surface area contributed by atoms with E-state index in [9.17, 15) is 9.90 Å². The van der Waals surface area contributed by atoms with Crippen molar-refractivity contribution in [3.63, 3.8) is 0 Å². The van der Waals surface area contributed by atoms with E-state index in [0.29, 0.717) is 18.0 Å². The average molecular weight is 406 g/mol. The van der Waals surface area contributed by atoms with Crippen molar-refractivity contribution < 1.29 is 19.1 Å². The fraction of sp³-hybridized carbons (Fsp3) is 0.333. The van der Waals surface area contributed by atoms with Crippen LogP contribution < -0.4 is 5.32 Å². The Morgan fingerprint density at radius 3 is 2.43 bits per heavy atom. The molecule has 0 saturated heterocycles. The smallest absolute Gasteiger partial charge is 0.407 e. The van der Waals surface area contributed by atoms with Crippen LogP contribution in [0, 0.1) is 0 Å². The highest BCUT2D eigenvalue weighted by Gasteiger charge is 2.29. The molecule has 156 valence electrons. The Morgan fingerprint density at radius 1 is 1.17 bits per heavy atom. The fourth-order valence-electron chi connectivity index (χ4n) is 4.00. The number of aromatic nitrogens is 1. The quantitative estimate of drug-likeness (QED) is 0.554. The number of hydrogen-bond acceptors (Lipinski definition) is 5. The van der Waals surface area contributed by atoms with Gasteiger partial charge in [0.15, 0.2) is 0 Å². The molecule has 30 heavy (non-hydrogen) atoms. The van der Waals surface area contributed by atoms with Crippen LogP contribution in [0.2, 0.25) is 0 Å². The Labute approximate surface area is 175 Å². The number of fused-ring (bicyclic) bond motifs is 3. The van der Waals surface area contributed by atoms with Crippen LogP contribution in [-0.4, -0.2) is 22.8 Å². The second kappa shape index (κ2) is 9.13. The van der Waals surface area contributed by atoms with Crippen LogP contribution in [0.5, 0.6) is 0 Å². The minimum Gasteiger partial charge on any atom is -0.449 e. The molecule has 0 spiro atoms. The maximum Gasteiger partial charge on any atom is 0.407 e. The first-order chi connectivity index (χ1) is 14.7. The third-order valence-corrected chi connectivity index (χ3v) is 5.51. The summed E-state index contributed by atoms with van der Waals surface area (Å²) >= 11 is 0. The van der Waals surface area contributed by atoms with E-state index in [1.54, 1.807) is 0 Å². The molecule has 0 bridgehead atoms. The van der Waals surface area contributed by atoms with Crippen molar-refractivity contribution in [1.82, 2.24) is 10.3 Å². The molecular formula is C24H26N2O4. The van der Waals surface area contributed by atoms with E-state index in [0.717, 1.165) is 12.8 Å². The monoisotopic (exact) mass is 406 g/mol. The molecular weight excluding hydrogens is 380 g/mol. The summed E-state index contributed by atoms with van der Waals surface area (Å²) in [5, 5.41) is 12.1. The molecule has 1 amide bonds. The van der Waals surface area contributed by atoms with Crippen LogP contribution >= 0.6 is 0 Å². The van der Waals surface area contributed by atoms with Gasteiger partial charge in [-0.25, -0.2) is 9.78 Å². The number of rotatable bonds is 8. The molecule has 2 N–H and O–H groups in total. The topological polar surface area (TPSA) is 84.6 Å². The van der Waals surface area contributed by atoms with Crippen molar-refractivity contribution >= 4 is 6.09 Å². The molecule has 0 fully saturated rings. The van der Waals surface area contributed by atoms with E-state index in [-0.39, 0.29) is 25.2 Å². The van der Waals surface area contributed by atoms with Crippen LogP contribution in [0.15, 0.2) is 59.2 Å². The van der Waals surface area contributed by atoms with Crippen molar-refractivity contribution in [3.05, 3.63) is 77.5 Å². The van der Waals surface area contributed by atoms with Gasteiger partial charge >= 0.3 is 6.09 Å². The van der Waals surface area contributed by atoms with Gasteiger partial charge in [-0.1, -0.05) is 68.3 Å². The Bertz CT molecular complexity index is 968. The van der Waals surface area contributed by atoms with E-state index in [2.05, 4.69) is 41.5 Å². The number of oxazole rings is 1. The minimum absolute atomic E-state index is 0.0139. The first-order valence-corrected chi connectivity index (χ1v) is 10.4. The molecule has 0 saturated carbocycles. The summed E-state index contributed by atoms with van der Waals surface area (Å²) in [5.41, 5.74) is 5.18. The number of alkyl carbamates (subject to hydrolysis) is 1. The SMILES string of the molecule is CCCC[C@H](NC(=O)OCC1c2ccccc2-c2ccccc21)c1nc(CO)co1. The van der Waals surface area contributed by atoms with Crippen molar-refractivity contribution in [3.8, 4) is 11.1 Å². The highest BCUT2D eigenvalue weighted by atomic mass is 16.5. The van der Waals surface area contributed by atoms with Crippen molar-refractivity contribution in [2.75, 3.05) is 6.61 Å². The highest BCUT2D eigenvalue weighted by Crippen LogP contribution is 2.44. The van der Waals surface area contributed by atoms with Gasteiger partial charge in [0.25, 0.3) is 0 Å². The largest absolute Gasteiger partial charge is 0.449 e. The zero-order valence-corrected chi connectivity index (χ0v) is 17.0. The molecule has 4 rings (SSSR count). The molecule has 2 aromatic carbocycles. The number of ether oxygens (including phenoxy) is 1. The van der Waals surface area contributed by atoms with Crippen molar-refractivity contribution in [2.24, 2.45) is 0 Å². The third-order valence-electron chi connectivity index (χ3n) is 5.51. The second-order valence-corrected chi connectivity index (χ2v) is 7.50. The van der Waals surface area contributed by atoms with E-state index in [1.807, 2.05) is 24.3 Å². The maximum absolute atomic E-state index is 12.6. The minimum atomic E-state index is -0.498. The van der Waals surface area contributed by atoms with E-state index in [4.69, 9.17) is 9.15 Å². The number of carbonyl (C=O) groups excluding carboxylic acids is 1. The van der Waals surface area contributed by atoms with Gasteiger partial charge in [0.05, 0.1) is 6.61 Å². The van der Waals surface area contributed by atoms with Gasteiger partial charge in [0.1, 0.15) is 24.6 Å². The maximum atomic E-state index is 12.6. The van der Waals surface area contributed by atoms with Gasteiger partial charge in [-0.15, -0.1) is 0 Å². The number of unbranched alkanes of at least 4 members (excludes halogenated alkanes) is 1. The van der Waals surface area contributed by atoms with Gasteiger partial charge < -0.3 is 19.6 Å². The lowest BCUT2D eigenvalue weighted by molar-refractivity contribution is 0.136. The van der Waals surface area contributed by atoms with E-state index in [1.165, 1.54) is 28.5 Å². The predicted octanol–water partition coefficient (Wildman–Crippen LogP) is 4.94. The molecule has 6 nitrogen and oxygen atoms in total. The zero-order chi connectivity index (χ0) is 20.9. The zero-order valence-electron chi connectivity index (χ0n) is 17.0. The van der Waals surface area contributed by atoms with Crippen LogP contribution in [0.1, 0.15) is 60.9 Å². The summed E-state index contributed by atoms with van der Waals surface area (Å²) in [5.74, 6) is 0.404. The summed E-state index contributed by atoms with van der Waals surface area (Å²) in [6, 6.07) is 16.1. The number of aliphatic hydroxyl groups excluding tert-OH is 1. The Hall–Kier alpha value is -3.12. The molecule has 0 aliphatic heterocycles. The lowest BCUT2D eigenvalue weighted by Crippen LogP contribution is -2.30. The predicted molar refractivity (Wildman–Crippen MR) is 113 cm³/mol. The van der Waals surface area contributed by atoms with Crippen LogP contribution in [-0.2, 0) is 11.3 Å². The van der Waals surface area contributed by atoms with Gasteiger partial charge in [0.2, 0.25) is 5.89 Å². The van der Waals surface area contributed by atoms with Gasteiger partial charge in [-0.2, -0.15) is 0 Å². The Morgan fingerprint density at radius 2 is 1.83 bits per heavy atom. The fourth-order valence-corrected chi connectivity index (χ4v) is 4.00. The second-order valence-electron chi connectivity index (χ2n) is 7.50. The van der Waals surface area contributed by atoms with Gasteiger partial charge in [-0.05, 0) is 28.7 Å². The first-order valence-electron chi connectivity index (χ1n) is 10.4. The number of carbonyl (C=O) groups is 1. The molecule has 1 aliphatic carbocycles. The summed E-state index contributed by atoms with van der Waals surface area (Å²) < 4.78 is 11.1. The first kappa shape index (κ1) is 20.2. The van der Waals surface area contributed by atoms with Crippen LogP contribution in [0.25, 0.3) is 11.1 Å².